The average molecular weight is 337 g/mol. The van der Waals surface area contributed by atoms with E-state index in [2.05, 4.69) is 15.5 Å². The fraction of sp³-hybridized carbons (Fsp3) is 0.833. The molecule has 2 fully saturated rings. The van der Waals surface area contributed by atoms with Gasteiger partial charge in [-0.05, 0) is 51.6 Å². The predicted molar refractivity (Wildman–Crippen MR) is 92.4 cm³/mol. The molecule has 2 aliphatic heterocycles. The largest absolute Gasteiger partial charge is 0.356 e. The van der Waals surface area contributed by atoms with Crippen molar-refractivity contribution in [3.63, 3.8) is 0 Å². The van der Waals surface area contributed by atoms with Gasteiger partial charge < -0.3 is 15.4 Å². The second-order valence-electron chi connectivity index (χ2n) is 7.13. The molecule has 0 aromatic carbocycles. The molecule has 0 aliphatic carbocycles. The Balaban J connectivity index is 1.68. The third-order valence-corrected chi connectivity index (χ3v) is 5.42. The van der Waals surface area contributed by atoms with Crippen LogP contribution >= 0.6 is 0 Å². The Kier molecular flexibility index (Phi) is 7.69. The zero-order valence-electron chi connectivity index (χ0n) is 14.8. The van der Waals surface area contributed by atoms with Gasteiger partial charge in [0, 0.05) is 25.4 Å². The maximum atomic E-state index is 12.2. The van der Waals surface area contributed by atoms with Gasteiger partial charge in [0.15, 0.2) is 0 Å². The SMILES string of the molecule is CN1CCCC1C(=O)NCC[C@@H]1C(=O)NC[C@@H]1CCCCCC=O. The summed E-state index contributed by atoms with van der Waals surface area (Å²) in [6.07, 6.45) is 8.37. The van der Waals surface area contributed by atoms with Crippen LogP contribution in [0.15, 0.2) is 0 Å². The van der Waals surface area contributed by atoms with Gasteiger partial charge in [-0.15, -0.1) is 0 Å². The Hall–Kier alpha value is -1.43. The second kappa shape index (κ2) is 9.77. The molecule has 0 radical (unpaired) electrons. The monoisotopic (exact) mass is 337 g/mol. The number of carbonyl (C=O) groups is 3. The van der Waals surface area contributed by atoms with E-state index in [1.54, 1.807) is 0 Å². The maximum absolute atomic E-state index is 12.2. The Morgan fingerprint density at radius 1 is 1.33 bits per heavy atom. The van der Waals surface area contributed by atoms with Crippen LogP contribution < -0.4 is 10.6 Å². The molecule has 0 bridgehead atoms. The predicted octanol–water partition coefficient (Wildman–Crippen LogP) is 1.10. The number of hydrogen-bond donors (Lipinski definition) is 2. The number of carbonyl (C=O) groups excluding carboxylic acids is 3. The highest BCUT2D eigenvalue weighted by atomic mass is 16.2. The summed E-state index contributed by atoms with van der Waals surface area (Å²) in [5, 5.41) is 5.96. The van der Waals surface area contributed by atoms with Crippen LogP contribution in [0.25, 0.3) is 0 Å². The van der Waals surface area contributed by atoms with Crippen LogP contribution in [-0.2, 0) is 14.4 Å². The summed E-state index contributed by atoms with van der Waals surface area (Å²) in [5.41, 5.74) is 0. The summed E-state index contributed by atoms with van der Waals surface area (Å²) in [6.45, 7) is 2.30. The maximum Gasteiger partial charge on any atom is 0.237 e. The van der Waals surface area contributed by atoms with Gasteiger partial charge in [-0.25, -0.2) is 0 Å². The molecule has 6 heteroatoms. The van der Waals surface area contributed by atoms with E-state index < -0.39 is 0 Å². The molecule has 2 rings (SSSR count). The molecule has 0 spiro atoms. The van der Waals surface area contributed by atoms with E-state index in [1.807, 2.05) is 7.05 Å². The van der Waals surface area contributed by atoms with Crippen molar-refractivity contribution >= 4 is 18.1 Å². The average Bonchev–Trinajstić information content (AvgIpc) is 3.14. The van der Waals surface area contributed by atoms with Crippen LogP contribution in [0.5, 0.6) is 0 Å². The lowest BCUT2D eigenvalue weighted by Gasteiger charge is -2.20. The molecule has 24 heavy (non-hydrogen) atoms. The van der Waals surface area contributed by atoms with Crippen molar-refractivity contribution < 1.29 is 14.4 Å². The van der Waals surface area contributed by atoms with Crippen molar-refractivity contribution in [3.8, 4) is 0 Å². The lowest BCUT2D eigenvalue weighted by atomic mass is 9.88. The molecule has 136 valence electrons. The van der Waals surface area contributed by atoms with Gasteiger partial charge in [0.25, 0.3) is 0 Å². The van der Waals surface area contributed by atoms with Gasteiger partial charge in [-0.2, -0.15) is 0 Å². The normalized spacial score (nSPS) is 27.2. The first-order valence-electron chi connectivity index (χ1n) is 9.32. The number of nitrogens with one attached hydrogen (secondary N) is 2. The highest BCUT2D eigenvalue weighted by Gasteiger charge is 2.34. The minimum absolute atomic E-state index is 0.00368. The lowest BCUT2D eigenvalue weighted by molar-refractivity contribution is -0.126. The minimum Gasteiger partial charge on any atom is -0.356 e. The van der Waals surface area contributed by atoms with Crippen molar-refractivity contribution in [3.05, 3.63) is 0 Å². The fourth-order valence-electron chi connectivity index (χ4n) is 3.91. The second-order valence-corrected chi connectivity index (χ2v) is 7.13. The summed E-state index contributed by atoms with van der Waals surface area (Å²) in [5.74, 6) is 0.594. The highest BCUT2D eigenvalue weighted by Crippen LogP contribution is 2.26. The van der Waals surface area contributed by atoms with Crippen LogP contribution in [0.4, 0.5) is 0 Å². The van der Waals surface area contributed by atoms with Gasteiger partial charge in [0.2, 0.25) is 11.8 Å². The summed E-state index contributed by atoms with van der Waals surface area (Å²) in [7, 11) is 1.99. The zero-order chi connectivity index (χ0) is 17.4. The molecular weight excluding hydrogens is 306 g/mol. The molecule has 1 unspecified atom stereocenters. The van der Waals surface area contributed by atoms with E-state index in [9.17, 15) is 14.4 Å². The number of unbranched alkanes of at least 4 members (excludes halogenated alkanes) is 3. The number of likely N-dealkylation sites (N-methyl/N-ethyl adjacent to an activating group) is 1. The van der Waals surface area contributed by atoms with Gasteiger partial charge >= 0.3 is 0 Å². The molecular formula is C18H31N3O3. The summed E-state index contributed by atoms with van der Waals surface area (Å²) in [4.78, 5) is 36.6. The highest BCUT2D eigenvalue weighted by molar-refractivity contribution is 5.82. The summed E-state index contributed by atoms with van der Waals surface area (Å²) in [6, 6.07) is -0.00368. The first-order valence-corrected chi connectivity index (χ1v) is 9.32. The number of rotatable bonds is 10. The van der Waals surface area contributed by atoms with Crippen LogP contribution in [0.1, 0.15) is 51.4 Å². The molecule has 2 aliphatic rings. The summed E-state index contributed by atoms with van der Waals surface area (Å²) < 4.78 is 0. The van der Waals surface area contributed by atoms with E-state index in [0.717, 1.165) is 57.9 Å². The first kappa shape index (κ1) is 18.9. The zero-order valence-corrected chi connectivity index (χ0v) is 14.8. The lowest BCUT2D eigenvalue weighted by Crippen LogP contribution is -2.42. The molecule has 0 aromatic rings. The fourth-order valence-corrected chi connectivity index (χ4v) is 3.91. The van der Waals surface area contributed by atoms with Crippen molar-refractivity contribution in [2.45, 2.75) is 57.4 Å². The van der Waals surface area contributed by atoms with E-state index >= 15 is 0 Å². The molecule has 2 amide bonds. The van der Waals surface area contributed by atoms with Crippen LogP contribution in [0.3, 0.4) is 0 Å². The number of nitrogens with zero attached hydrogens (tertiary/aromatic N) is 1. The van der Waals surface area contributed by atoms with Gasteiger partial charge in [0.05, 0.1) is 6.04 Å². The Bertz CT molecular complexity index is 441. The van der Waals surface area contributed by atoms with Gasteiger partial charge in [0.1, 0.15) is 6.29 Å². The minimum atomic E-state index is -0.00368. The Morgan fingerprint density at radius 2 is 2.17 bits per heavy atom. The van der Waals surface area contributed by atoms with Crippen molar-refractivity contribution in [2.24, 2.45) is 11.8 Å². The quantitative estimate of drug-likeness (QED) is 0.462. The molecule has 2 saturated heterocycles. The molecule has 2 N–H and O–H groups in total. The number of amides is 2. The molecule has 6 nitrogen and oxygen atoms in total. The molecule has 0 aromatic heterocycles. The number of hydrogen-bond acceptors (Lipinski definition) is 4. The van der Waals surface area contributed by atoms with Crippen molar-refractivity contribution in [1.29, 1.82) is 0 Å². The van der Waals surface area contributed by atoms with Crippen molar-refractivity contribution in [2.75, 3.05) is 26.7 Å². The van der Waals surface area contributed by atoms with Crippen molar-refractivity contribution in [1.82, 2.24) is 15.5 Å². The Morgan fingerprint density at radius 3 is 2.88 bits per heavy atom. The van der Waals surface area contributed by atoms with Crippen LogP contribution in [-0.4, -0.2) is 55.7 Å². The van der Waals surface area contributed by atoms with E-state index in [4.69, 9.17) is 0 Å². The topological polar surface area (TPSA) is 78.5 Å². The van der Waals surface area contributed by atoms with E-state index in [1.165, 1.54) is 0 Å². The van der Waals surface area contributed by atoms with Gasteiger partial charge in [-0.3, -0.25) is 14.5 Å². The van der Waals surface area contributed by atoms with Crippen LogP contribution in [0, 0.1) is 11.8 Å². The molecule has 0 saturated carbocycles. The summed E-state index contributed by atoms with van der Waals surface area (Å²) >= 11 is 0. The smallest absolute Gasteiger partial charge is 0.237 e. The third-order valence-electron chi connectivity index (χ3n) is 5.42. The molecule has 3 atom stereocenters. The standard InChI is InChI=1S/C18H31N3O3/c1-21-11-6-8-16(21)18(24)19-10-9-15-14(13-20-17(15)23)7-4-2-3-5-12-22/h12,14-16H,2-11,13H2,1H3,(H,19,24)(H,20,23)/t14-,15-,16?/m0/s1. The molecule has 2 heterocycles. The number of likely N-dealkylation sites (tertiary alicyclic amines) is 1. The van der Waals surface area contributed by atoms with Crippen LogP contribution in [0.2, 0.25) is 0 Å². The van der Waals surface area contributed by atoms with Gasteiger partial charge in [-0.1, -0.05) is 12.8 Å². The Labute approximate surface area is 144 Å². The number of aldehydes is 1. The van der Waals surface area contributed by atoms with E-state index in [-0.39, 0.29) is 23.8 Å². The first-order chi connectivity index (χ1) is 11.6. The van der Waals surface area contributed by atoms with E-state index in [0.29, 0.717) is 25.3 Å². The third kappa shape index (κ3) is 5.30.